The Morgan fingerprint density at radius 1 is 1.31 bits per heavy atom. The van der Waals surface area contributed by atoms with Crippen molar-refractivity contribution in [3.8, 4) is 0 Å². The highest BCUT2D eigenvalue weighted by atomic mass is 16.6. The summed E-state index contributed by atoms with van der Waals surface area (Å²) in [7, 11) is 0. The van der Waals surface area contributed by atoms with E-state index in [9.17, 15) is 4.79 Å². The minimum Gasteiger partial charge on any atom is -0.447 e. The van der Waals surface area contributed by atoms with Gasteiger partial charge in [-0.05, 0) is 33.6 Å². The third-order valence-electron chi connectivity index (χ3n) is 3.14. The van der Waals surface area contributed by atoms with Gasteiger partial charge >= 0.3 is 6.09 Å². The smallest absolute Gasteiger partial charge is 0.410 e. The minimum absolute atomic E-state index is 0.0919. The van der Waals surface area contributed by atoms with Crippen molar-refractivity contribution in [2.45, 2.75) is 59.1 Å². The molecule has 16 heavy (non-hydrogen) atoms. The summed E-state index contributed by atoms with van der Waals surface area (Å²) in [5, 5.41) is 0. The molecule has 0 heterocycles. The topological polar surface area (TPSA) is 55.6 Å². The Kier molecular flexibility index (Phi) is 6.41. The minimum atomic E-state index is -0.263. The molecule has 0 atom stereocenters. The lowest BCUT2D eigenvalue weighted by atomic mass is 9.91. The largest absolute Gasteiger partial charge is 0.447 e. The predicted molar refractivity (Wildman–Crippen MR) is 66.4 cm³/mol. The van der Waals surface area contributed by atoms with Crippen LogP contribution in [-0.4, -0.2) is 35.7 Å². The zero-order chi connectivity index (χ0) is 12.8. The van der Waals surface area contributed by atoms with Gasteiger partial charge in [-0.25, -0.2) is 4.79 Å². The molecule has 0 aromatic rings. The van der Waals surface area contributed by atoms with Crippen LogP contribution in [0.25, 0.3) is 0 Å². The lowest BCUT2D eigenvalue weighted by molar-refractivity contribution is 0.0337. The molecular formula is C12H26N2O2. The highest BCUT2D eigenvalue weighted by Gasteiger charge is 2.35. The summed E-state index contributed by atoms with van der Waals surface area (Å²) in [5.74, 6) is 0. The molecule has 0 bridgehead atoms. The van der Waals surface area contributed by atoms with E-state index in [1.54, 1.807) is 4.90 Å². The second kappa shape index (κ2) is 6.74. The molecule has 96 valence electrons. The van der Waals surface area contributed by atoms with Crippen LogP contribution in [0.15, 0.2) is 0 Å². The van der Waals surface area contributed by atoms with Crippen molar-refractivity contribution in [1.29, 1.82) is 0 Å². The molecule has 1 amide bonds. The summed E-state index contributed by atoms with van der Waals surface area (Å²) in [5.41, 5.74) is 5.56. The molecule has 0 saturated carbocycles. The quantitative estimate of drug-likeness (QED) is 0.762. The monoisotopic (exact) mass is 230 g/mol. The van der Waals surface area contributed by atoms with Gasteiger partial charge in [-0.1, -0.05) is 13.8 Å². The summed E-state index contributed by atoms with van der Waals surface area (Å²) >= 11 is 0. The zero-order valence-electron chi connectivity index (χ0n) is 11.2. The fourth-order valence-corrected chi connectivity index (χ4v) is 1.95. The molecule has 0 fully saturated rings. The Morgan fingerprint density at radius 2 is 1.81 bits per heavy atom. The van der Waals surface area contributed by atoms with Gasteiger partial charge in [0.15, 0.2) is 0 Å². The molecule has 0 saturated heterocycles. The van der Waals surface area contributed by atoms with E-state index in [4.69, 9.17) is 10.5 Å². The number of rotatable bonds is 6. The third-order valence-corrected chi connectivity index (χ3v) is 3.14. The summed E-state index contributed by atoms with van der Waals surface area (Å²) < 4.78 is 5.25. The van der Waals surface area contributed by atoms with Crippen molar-refractivity contribution < 1.29 is 9.53 Å². The average Bonchev–Trinajstić information content (AvgIpc) is 2.24. The zero-order valence-corrected chi connectivity index (χ0v) is 11.2. The van der Waals surface area contributed by atoms with Crippen LogP contribution in [0.2, 0.25) is 0 Å². The number of hydrogen-bond acceptors (Lipinski definition) is 3. The lowest BCUT2D eigenvalue weighted by Crippen LogP contribution is -2.56. The van der Waals surface area contributed by atoms with E-state index in [1.807, 2.05) is 20.8 Å². The highest BCUT2D eigenvalue weighted by Crippen LogP contribution is 2.23. The Balaban J connectivity index is 4.86. The molecule has 4 heteroatoms. The van der Waals surface area contributed by atoms with E-state index >= 15 is 0 Å². The molecule has 0 rings (SSSR count). The summed E-state index contributed by atoms with van der Waals surface area (Å²) in [6.07, 6.45) is 1.35. The maximum absolute atomic E-state index is 12.0. The maximum atomic E-state index is 12.0. The van der Waals surface area contributed by atoms with Crippen molar-refractivity contribution in [2.75, 3.05) is 13.1 Å². The molecule has 4 nitrogen and oxygen atoms in total. The van der Waals surface area contributed by atoms with Crippen molar-refractivity contribution in [3.05, 3.63) is 0 Å². The van der Waals surface area contributed by atoms with E-state index in [1.165, 1.54) is 0 Å². The fourth-order valence-electron chi connectivity index (χ4n) is 1.95. The van der Waals surface area contributed by atoms with Gasteiger partial charge in [0.25, 0.3) is 0 Å². The maximum Gasteiger partial charge on any atom is 0.410 e. The van der Waals surface area contributed by atoms with Gasteiger partial charge in [-0.3, -0.25) is 0 Å². The number of carbonyl (C=O) groups is 1. The Morgan fingerprint density at radius 3 is 2.06 bits per heavy atom. The highest BCUT2D eigenvalue weighted by molar-refractivity contribution is 5.69. The van der Waals surface area contributed by atoms with Gasteiger partial charge in [-0.15, -0.1) is 0 Å². The molecule has 0 spiro atoms. The number of ether oxygens (including phenoxy) is 1. The van der Waals surface area contributed by atoms with Crippen LogP contribution in [0.1, 0.15) is 47.5 Å². The number of nitrogens with two attached hydrogens (primary N) is 1. The summed E-state index contributed by atoms with van der Waals surface area (Å²) in [6.45, 7) is 10.9. The fraction of sp³-hybridized carbons (Fsp3) is 0.917. The van der Waals surface area contributed by atoms with Crippen molar-refractivity contribution in [3.63, 3.8) is 0 Å². The van der Waals surface area contributed by atoms with Crippen LogP contribution in [-0.2, 0) is 4.74 Å². The SMILES string of the molecule is CCN(C(=O)OC(C)C)C(CC)(CC)CN. The van der Waals surface area contributed by atoms with Gasteiger partial charge < -0.3 is 15.4 Å². The number of hydrogen-bond donors (Lipinski definition) is 1. The molecule has 0 aromatic heterocycles. The first-order chi connectivity index (χ1) is 7.47. The van der Waals surface area contributed by atoms with Gasteiger partial charge in [0.05, 0.1) is 11.6 Å². The van der Waals surface area contributed by atoms with Crippen LogP contribution in [0.3, 0.4) is 0 Å². The predicted octanol–water partition coefficient (Wildman–Crippen LogP) is 2.37. The van der Waals surface area contributed by atoms with Crippen LogP contribution in [0.4, 0.5) is 4.79 Å². The summed E-state index contributed by atoms with van der Waals surface area (Å²) in [6, 6.07) is 0. The van der Waals surface area contributed by atoms with Gasteiger partial charge in [-0.2, -0.15) is 0 Å². The second-order valence-electron chi connectivity index (χ2n) is 4.31. The van der Waals surface area contributed by atoms with Gasteiger partial charge in [0.1, 0.15) is 0 Å². The number of amides is 1. The Bertz CT molecular complexity index is 205. The Hall–Kier alpha value is -0.770. The van der Waals surface area contributed by atoms with Gasteiger partial charge in [0, 0.05) is 13.1 Å². The lowest BCUT2D eigenvalue weighted by Gasteiger charge is -2.41. The third kappa shape index (κ3) is 3.37. The standard InChI is InChI=1S/C12H26N2O2/c1-6-12(7-2,9-13)14(8-3)11(15)16-10(4)5/h10H,6-9,13H2,1-5H3. The second-order valence-corrected chi connectivity index (χ2v) is 4.31. The van der Waals surface area contributed by atoms with Gasteiger partial charge in [0.2, 0.25) is 0 Å². The molecule has 0 aliphatic rings. The van der Waals surface area contributed by atoms with Crippen molar-refractivity contribution in [1.82, 2.24) is 4.90 Å². The van der Waals surface area contributed by atoms with Crippen LogP contribution in [0.5, 0.6) is 0 Å². The normalized spacial score (nSPS) is 11.7. The molecule has 0 unspecified atom stereocenters. The van der Waals surface area contributed by atoms with Crippen molar-refractivity contribution >= 4 is 6.09 Å². The van der Waals surface area contributed by atoms with Crippen LogP contribution in [0, 0.1) is 0 Å². The Labute approximate surface area is 99.1 Å². The van der Waals surface area contributed by atoms with Crippen LogP contribution < -0.4 is 5.73 Å². The molecule has 0 radical (unpaired) electrons. The first-order valence-electron chi connectivity index (χ1n) is 6.15. The van der Waals surface area contributed by atoms with E-state index in [2.05, 4.69) is 13.8 Å². The molecule has 0 aliphatic carbocycles. The van der Waals surface area contributed by atoms with Crippen molar-refractivity contribution in [2.24, 2.45) is 5.73 Å². The number of likely N-dealkylation sites (N-methyl/N-ethyl adjacent to an activating group) is 1. The molecule has 0 aliphatic heterocycles. The summed E-state index contributed by atoms with van der Waals surface area (Å²) in [4.78, 5) is 13.7. The number of carbonyl (C=O) groups excluding carboxylic acids is 1. The van der Waals surface area contributed by atoms with E-state index < -0.39 is 0 Å². The van der Waals surface area contributed by atoms with Crippen LogP contribution >= 0.6 is 0 Å². The first-order valence-corrected chi connectivity index (χ1v) is 6.15. The molecule has 2 N–H and O–H groups in total. The molecular weight excluding hydrogens is 204 g/mol. The van der Waals surface area contributed by atoms with E-state index in [0.717, 1.165) is 12.8 Å². The molecule has 0 aromatic carbocycles. The number of nitrogens with zero attached hydrogens (tertiary/aromatic N) is 1. The average molecular weight is 230 g/mol. The van der Waals surface area contributed by atoms with E-state index in [-0.39, 0.29) is 17.7 Å². The van der Waals surface area contributed by atoms with E-state index in [0.29, 0.717) is 13.1 Å². The first kappa shape index (κ1) is 15.2.